The van der Waals surface area contributed by atoms with E-state index in [0.717, 1.165) is 30.5 Å². The summed E-state index contributed by atoms with van der Waals surface area (Å²) in [5.74, 6) is -2.12. The molecule has 1 aliphatic carbocycles. The zero-order valence-corrected chi connectivity index (χ0v) is 12.3. The van der Waals surface area contributed by atoms with E-state index in [4.69, 9.17) is 5.11 Å². The van der Waals surface area contributed by atoms with Gasteiger partial charge >= 0.3 is 5.97 Å². The lowest BCUT2D eigenvalue weighted by Gasteiger charge is -2.25. The van der Waals surface area contributed by atoms with Gasteiger partial charge in [-0.1, -0.05) is 6.07 Å². The molecule has 0 spiro atoms. The molecule has 2 rings (SSSR count). The lowest BCUT2D eigenvalue weighted by molar-refractivity contribution is -0.143. The first-order chi connectivity index (χ1) is 10.5. The number of rotatable bonds is 5. The van der Waals surface area contributed by atoms with Crippen LogP contribution >= 0.6 is 0 Å². The fraction of sp³-hybridized carbons (Fsp3) is 0.467. The highest BCUT2D eigenvalue weighted by Gasteiger charge is 2.26. The molecule has 2 atom stereocenters. The minimum absolute atomic E-state index is 0.204. The Morgan fingerprint density at radius 3 is 2.91 bits per heavy atom. The Hall–Kier alpha value is -2.44. The summed E-state index contributed by atoms with van der Waals surface area (Å²) in [6.45, 7) is 1.22. The smallest absolute Gasteiger partial charge is 0.326 e. The molecule has 1 aromatic heterocycles. The van der Waals surface area contributed by atoms with Gasteiger partial charge in [-0.05, 0) is 30.9 Å². The third kappa shape index (κ3) is 4.03. The zero-order chi connectivity index (χ0) is 16.1. The molecule has 3 N–H and O–H groups in total. The van der Waals surface area contributed by atoms with E-state index in [1.807, 2.05) is 12.1 Å². The summed E-state index contributed by atoms with van der Waals surface area (Å²) in [5.41, 5.74) is 1.95. The van der Waals surface area contributed by atoms with Crippen LogP contribution in [-0.4, -0.2) is 33.9 Å². The molecule has 0 unspecified atom stereocenters. The maximum atomic E-state index is 12.1. The summed E-state index contributed by atoms with van der Waals surface area (Å²) >= 11 is 0. The Balaban J connectivity index is 2.00. The number of fused-ring (bicyclic) bond motifs is 1. The fourth-order valence-corrected chi connectivity index (χ4v) is 2.63. The second-order valence-corrected chi connectivity index (χ2v) is 5.36. The van der Waals surface area contributed by atoms with Gasteiger partial charge in [0.25, 0.3) is 0 Å². The normalized spacial score (nSPS) is 18.0. The largest absolute Gasteiger partial charge is 0.480 e. The molecule has 0 radical (unpaired) electrons. The van der Waals surface area contributed by atoms with Crippen LogP contribution in [0.1, 0.15) is 43.5 Å². The standard InChI is InChI=1S/C15H19N3O4/c1-9(19)17-12(15(21)22)8-13(20)18-11-6-2-4-10-5-3-7-16-14(10)11/h3,5,7,11-12H,2,4,6,8H2,1H3,(H,17,19)(H,18,20)(H,21,22)/t11-,12-/m0/s1. The number of hydrogen-bond donors (Lipinski definition) is 3. The van der Waals surface area contributed by atoms with Crippen LogP contribution in [-0.2, 0) is 20.8 Å². The van der Waals surface area contributed by atoms with Crippen molar-refractivity contribution in [3.63, 3.8) is 0 Å². The molecule has 7 heteroatoms. The minimum Gasteiger partial charge on any atom is -0.480 e. The summed E-state index contributed by atoms with van der Waals surface area (Å²) in [7, 11) is 0. The van der Waals surface area contributed by atoms with Gasteiger partial charge < -0.3 is 15.7 Å². The number of aliphatic carboxylic acids is 1. The molecule has 1 aromatic rings. The second kappa shape index (κ2) is 7.02. The van der Waals surface area contributed by atoms with E-state index < -0.39 is 23.8 Å². The maximum absolute atomic E-state index is 12.1. The zero-order valence-electron chi connectivity index (χ0n) is 12.3. The Bertz CT molecular complexity index is 588. The van der Waals surface area contributed by atoms with Gasteiger partial charge in [-0.15, -0.1) is 0 Å². The quantitative estimate of drug-likeness (QED) is 0.736. The molecule has 0 aromatic carbocycles. The number of carboxylic acid groups (broad SMARTS) is 1. The lowest BCUT2D eigenvalue weighted by atomic mass is 9.92. The molecule has 1 aliphatic rings. The Morgan fingerprint density at radius 1 is 1.45 bits per heavy atom. The van der Waals surface area contributed by atoms with Crippen LogP contribution in [0.4, 0.5) is 0 Å². The topological polar surface area (TPSA) is 108 Å². The van der Waals surface area contributed by atoms with Crippen molar-refractivity contribution < 1.29 is 19.5 Å². The molecule has 2 amide bonds. The first-order valence-electron chi connectivity index (χ1n) is 7.20. The van der Waals surface area contributed by atoms with E-state index in [0.29, 0.717) is 0 Å². The second-order valence-electron chi connectivity index (χ2n) is 5.36. The number of amides is 2. The average Bonchev–Trinajstić information content (AvgIpc) is 2.46. The number of pyridine rings is 1. The number of carboxylic acids is 1. The number of nitrogens with one attached hydrogen (secondary N) is 2. The molecule has 0 fully saturated rings. The van der Waals surface area contributed by atoms with Crippen molar-refractivity contribution in [2.45, 2.75) is 44.7 Å². The van der Waals surface area contributed by atoms with Gasteiger partial charge in [0.1, 0.15) is 6.04 Å². The summed E-state index contributed by atoms with van der Waals surface area (Å²) < 4.78 is 0. The summed E-state index contributed by atoms with van der Waals surface area (Å²) in [6.07, 6.45) is 4.03. The summed E-state index contributed by atoms with van der Waals surface area (Å²) in [5, 5.41) is 14.1. The lowest BCUT2D eigenvalue weighted by Crippen LogP contribution is -2.44. The predicted octanol–water partition coefficient (Wildman–Crippen LogP) is 0.555. The highest BCUT2D eigenvalue weighted by molar-refractivity contribution is 5.88. The van der Waals surface area contributed by atoms with Crippen LogP contribution in [0.15, 0.2) is 18.3 Å². The van der Waals surface area contributed by atoms with Crippen LogP contribution in [0, 0.1) is 0 Å². The van der Waals surface area contributed by atoms with E-state index in [1.54, 1.807) is 6.20 Å². The van der Waals surface area contributed by atoms with Crippen LogP contribution in [0.5, 0.6) is 0 Å². The maximum Gasteiger partial charge on any atom is 0.326 e. The van der Waals surface area contributed by atoms with Crippen LogP contribution in [0.25, 0.3) is 0 Å². The van der Waals surface area contributed by atoms with Crippen molar-refractivity contribution in [1.29, 1.82) is 0 Å². The molecule has 0 aliphatic heterocycles. The van der Waals surface area contributed by atoms with Crippen LogP contribution in [0.2, 0.25) is 0 Å². The first-order valence-corrected chi connectivity index (χ1v) is 7.20. The summed E-state index contributed by atoms with van der Waals surface area (Å²) in [6, 6.07) is 2.42. The van der Waals surface area contributed by atoms with Gasteiger partial charge in [0.05, 0.1) is 18.2 Å². The van der Waals surface area contributed by atoms with E-state index in [-0.39, 0.29) is 12.5 Å². The van der Waals surface area contributed by atoms with Crippen molar-refractivity contribution in [2.75, 3.05) is 0 Å². The van der Waals surface area contributed by atoms with Crippen LogP contribution in [0.3, 0.4) is 0 Å². The highest BCUT2D eigenvalue weighted by atomic mass is 16.4. The van der Waals surface area contributed by atoms with Crippen LogP contribution < -0.4 is 10.6 Å². The van der Waals surface area contributed by atoms with E-state index in [9.17, 15) is 14.4 Å². The highest BCUT2D eigenvalue weighted by Crippen LogP contribution is 2.27. The molecule has 1 heterocycles. The van der Waals surface area contributed by atoms with Crippen molar-refractivity contribution in [3.05, 3.63) is 29.6 Å². The molecule has 118 valence electrons. The molecule has 7 nitrogen and oxygen atoms in total. The van der Waals surface area contributed by atoms with Gasteiger partial charge in [0.2, 0.25) is 11.8 Å². The Morgan fingerprint density at radius 2 is 2.23 bits per heavy atom. The van der Waals surface area contributed by atoms with E-state index >= 15 is 0 Å². The summed E-state index contributed by atoms with van der Waals surface area (Å²) in [4.78, 5) is 38.4. The molecular weight excluding hydrogens is 286 g/mol. The monoisotopic (exact) mass is 305 g/mol. The van der Waals surface area contributed by atoms with Gasteiger partial charge in [-0.25, -0.2) is 4.79 Å². The predicted molar refractivity (Wildman–Crippen MR) is 77.9 cm³/mol. The van der Waals surface area contributed by atoms with E-state index in [1.165, 1.54) is 6.92 Å². The van der Waals surface area contributed by atoms with Crippen molar-refractivity contribution in [3.8, 4) is 0 Å². The van der Waals surface area contributed by atoms with Gasteiger partial charge in [-0.2, -0.15) is 0 Å². The third-order valence-corrected chi connectivity index (χ3v) is 3.60. The molecular formula is C15H19N3O4. The van der Waals surface area contributed by atoms with Crippen molar-refractivity contribution in [2.24, 2.45) is 0 Å². The molecule has 0 bridgehead atoms. The van der Waals surface area contributed by atoms with Crippen molar-refractivity contribution in [1.82, 2.24) is 15.6 Å². The number of aromatic nitrogens is 1. The fourth-order valence-electron chi connectivity index (χ4n) is 2.63. The number of carbonyl (C=O) groups excluding carboxylic acids is 2. The third-order valence-electron chi connectivity index (χ3n) is 3.60. The Labute approximate surface area is 128 Å². The van der Waals surface area contributed by atoms with Gasteiger partial charge in [-0.3, -0.25) is 14.6 Å². The first kappa shape index (κ1) is 15.9. The molecule has 22 heavy (non-hydrogen) atoms. The van der Waals surface area contributed by atoms with Gasteiger partial charge in [0, 0.05) is 13.1 Å². The minimum atomic E-state index is -1.23. The number of aryl methyl sites for hydroxylation is 1. The average molecular weight is 305 g/mol. The number of hydrogen-bond acceptors (Lipinski definition) is 4. The number of carbonyl (C=O) groups is 3. The Kier molecular flexibility index (Phi) is 5.08. The molecule has 0 saturated heterocycles. The van der Waals surface area contributed by atoms with E-state index in [2.05, 4.69) is 15.6 Å². The van der Waals surface area contributed by atoms with Gasteiger partial charge in [0.15, 0.2) is 0 Å². The van der Waals surface area contributed by atoms with Crippen molar-refractivity contribution >= 4 is 17.8 Å². The SMILES string of the molecule is CC(=O)N[C@@H](CC(=O)N[C@H]1CCCc2cccnc21)C(=O)O. The number of nitrogens with zero attached hydrogens (tertiary/aromatic N) is 1. The molecule has 0 saturated carbocycles.